The number of ether oxygens (including phenoxy) is 1. The van der Waals surface area contributed by atoms with Crippen LogP contribution in [0.1, 0.15) is 80.1 Å². The van der Waals surface area contributed by atoms with Crippen LogP contribution in [0.2, 0.25) is 0 Å². The largest absolute Gasteiger partial charge is 0.381 e. The smallest absolute Gasteiger partial charge is 0.162 e. The summed E-state index contributed by atoms with van der Waals surface area (Å²) in [5.41, 5.74) is 10.7. The highest BCUT2D eigenvalue weighted by Gasteiger charge is 2.36. The van der Waals surface area contributed by atoms with E-state index in [4.69, 9.17) is 14.7 Å². The highest BCUT2D eigenvalue weighted by Crippen LogP contribution is 2.39. The normalized spacial score (nSPS) is 21.1. The number of fused-ring (bicyclic) bond motifs is 2. The fourth-order valence-corrected chi connectivity index (χ4v) is 7.04. The fourth-order valence-electron chi connectivity index (χ4n) is 7.04. The molecule has 1 fully saturated rings. The van der Waals surface area contributed by atoms with Crippen molar-refractivity contribution in [1.29, 1.82) is 0 Å². The van der Waals surface area contributed by atoms with Gasteiger partial charge in [-0.3, -0.25) is 5.10 Å². The summed E-state index contributed by atoms with van der Waals surface area (Å²) < 4.78 is 5.83. The maximum absolute atomic E-state index is 5.83. The predicted molar refractivity (Wildman–Crippen MR) is 168 cm³/mol. The Labute approximate surface area is 244 Å². The van der Waals surface area contributed by atoms with Crippen LogP contribution in [0.5, 0.6) is 0 Å². The Morgan fingerprint density at radius 1 is 0.976 bits per heavy atom. The molecule has 6 rings (SSSR count). The minimum absolute atomic E-state index is 0.274. The van der Waals surface area contributed by atoms with Crippen molar-refractivity contribution >= 4 is 22.4 Å². The summed E-state index contributed by atoms with van der Waals surface area (Å²) in [5.74, 6) is 2.39. The van der Waals surface area contributed by atoms with Gasteiger partial charge >= 0.3 is 0 Å². The van der Waals surface area contributed by atoms with Gasteiger partial charge < -0.3 is 14.5 Å². The van der Waals surface area contributed by atoms with Crippen LogP contribution in [0.3, 0.4) is 0 Å². The number of hydrogen-bond donors (Lipinski definition) is 1. The predicted octanol–water partition coefficient (Wildman–Crippen LogP) is 7.02. The monoisotopic (exact) mass is 552 g/mol. The van der Waals surface area contributed by atoms with Crippen LogP contribution in [0, 0.1) is 20.8 Å². The number of aryl methyl sites for hydroxylation is 3. The second-order valence-electron chi connectivity index (χ2n) is 12.6. The highest BCUT2D eigenvalue weighted by atomic mass is 16.5. The summed E-state index contributed by atoms with van der Waals surface area (Å²) in [4.78, 5) is 15.9. The second-order valence-corrected chi connectivity index (χ2v) is 12.6. The van der Waals surface area contributed by atoms with Gasteiger partial charge in [-0.15, -0.1) is 0 Å². The second kappa shape index (κ2) is 10.8. The lowest BCUT2D eigenvalue weighted by Crippen LogP contribution is -2.50. The molecule has 41 heavy (non-hydrogen) atoms. The van der Waals surface area contributed by atoms with E-state index < -0.39 is 0 Å². The molecule has 0 aliphatic carbocycles. The third kappa shape index (κ3) is 4.88. The first-order valence-corrected chi connectivity index (χ1v) is 15.2. The van der Waals surface area contributed by atoms with Crippen molar-refractivity contribution in [2.45, 2.75) is 98.4 Å². The maximum atomic E-state index is 5.83. The molecule has 1 unspecified atom stereocenters. The molecule has 4 aromatic rings. The first kappa shape index (κ1) is 27.7. The van der Waals surface area contributed by atoms with E-state index in [1.165, 1.54) is 33.6 Å². The Balaban J connectivity index is 1.51. The number of rotatable bonds is 5. The van der Waals surface area contributed by atoms with Gasteiger partial charge in [0.15, 0.2) is 5.82 Å². The Hall–Kier alpha value is -3.45. The number of aromatic nitrogens is 4. The van der Waals surface area contributed by atoms with E-state index in [9.17, 15) is 0 Å². The van der Waals surface area contributed by atoms with Gasteiger partial charge in [-0.05, 0) is 82.2 Å². The molecule has 2 aliphatic rings. The minimum Gasteiger partial charge on any atom is -0.381 e. The summed E-state index contributed by atoms with van der Waals surface area (Å²) in [6, 6.07) is 11.8. The SMILES string of the molecule is COC1C[C@@H](C)N(c2nc(-c3c(C)ccc4n[nH]c(C)c34)nc3c2CN(c2cc(C(C)C)ccc2C)CC3)[C@@H](C)C1. The molecule has 0 spiro atoms. The Morgan fingerprint density at radius 3 is 2.41 bits per heavy atom. The Morgan fingerprint density at radius 2 is 1.71 bits per heavy atom. The molecule has 7 nitrogen and oxygen atoms in total. The number of anilines is 2. The van der Waals surface area contributed by atoms with E-state index in [1.54, 1.807) is 0 Å². The molecular weight excluding hydrogens is 508 g/mol. The van der Waals surface area contributed by atoms with E-state index in [2.05, 4.69) is 98.8 Å². The van der Waals surface area contributed by atoms with E-state index in [0.29, 0.717) is 18.0 Å². The van der Waals surface area contributed by atoms with Crippen LogP contribution in [0.25, 0.3) is 22.3 Å². The van der Waals surface area contributed by atoms with E-state index in [1.807, 2.05) is 7.11 Å². The van der Waals surface area contributed by atoms with Crippen molar-refractivity contribution in [3.63, 3.8) is 0 Å². The van der Waals surface area contributed by atoms with Crippen LogP contribution < -0.4 is 9.80 Å². The van der Waals surface area contributed by atoms with Gasteiger partial charge in [-0.1, -0.05) is 32.0 Å². The lowest BCUT2D eigenvalue weighted by Gasteiger charge is -2.45. The molecule has 0 saturated carbocycles. The number of benzene rings is 2. The van der Waals surface area contributed by atoms with E-state index >= 15 is 0 Å². The van der Waals surface area contributed by atoms with E-state index in [-0.39, 0.29) is 6.10 Å². The molecule has 2 aliphatic heterocycles. The zero-order valence-electron chi connectivity index (χ0n) is 25.9. The molecule has 2 aromatic heterocycles. The lowest BCUT2D eigenvalue weighted by molar-refractivity contribution is 0.0611. The summed E-state index contributed by atoms with van der Waals surface area (Å²) in [5, 5.41) is 8.85. The number of nitrogens with one attached hydrogen (secondary N) is 1. The van der Waals surface area contributed by atoms with Crippen LogP contribution in [0.4, 0.5) is 11.5 Å². The van der Waals surface area contributed by atoms with Gasteiger partial charge in [0.2, 0.25) is 0 Å². The maximum Gasteiger partial charge on any atom is 0.162 e. The quantitative estimate of drug-likeness (QED) is 0.287. The van der Waals surface area contributed by atoms with Gasteiger partial charge in [-0.2, -0.15) is 5.10 Å². The zero-order valence-corrected chi connectivity index (χ0v) is 25.9. The van der Waals surface area contributed by atoms with Gasteiger partial charge in [0.25, 0.3) is 0 Å². The molecule has 0 amide bonds. The molecule has 0 bridgehead atoms. The molecule has 216 valence electrons. The summed E-state index contributed by atoms with van der Waals surface area (Å²) >= 11 is 0. The summed E-state index contributed by atoms with van der Waals surface area (Å²) in [6.45, 7) is 17.4. The fraction of sp³-hybridized carbons (Fsp3) is 0.500. The number of methoxy groups -OCH3 is 1. The van der Waals surface area contributed by atoms with Crippen molar-refractivity contribution in [2.75, 3.05) is 23.5 Å². The van der Waals surface area contributed by atoms with Gasteiger partial charge in [0, 0.05) is 66.6 Å². The van der Waals surface area contributed by atoms with Crippen LogP contribution in [0.15, 0.2) is 30.3 Å². The summed E-state index contributed by atoms with van der Waals surface area (Å²) in [7, 11) is 1.84. The van der Waals surface area contributed by atoms with Gasteiger partial charge in [0.1, 0.15) is 5.82 Å². The third-order valence-corrected chi connectivity index (χ3v) is 9.35. The standard InChI is InChI=1S/C34H44N6O/c1-19(2)25-11-9-20(3)30(17-25)39-14-13-28-27(18-39)34(40-22(5)15-26(41-8)16-23(40)6)36-33(35-28)31-21(4)10-12-29-32(31)24(7)37-38-29/h9-12,17,19,22-23,26H,13-16,18H2,1-8H3,(H,37,38)/t22-,23+,26?. The Kier molecular flexibility index (Phi) is 7.26. The van der Waals surface area contributed by atoms with Crippen molar-refractivity contribution in [1.82, 2.24) is 20.2 Å². The first-order chi connectivity index (χ1) is 19.7. The van der Waals surface area contributed by atoms with Gasteiger partial charge in [0.05, 0.1) is 17.3 Å². The van der Waals surface area contributed by atoms with Crippen LogP contribution in [-0.4, -0.2) is 52.0 Å². The average Bonchev–Trinajstić information content (AvgIpc) is 3.32. The number of hydrogen-bond acceptors (Lipinski definition) is 6. The van der Waals surface area contributed by atoms with Crippen molar-refractivity contribution < 1.29 is 4.74 Å². The number of H-pyrrole nitrogens is 1. The van der Waals surface area contributed by atoms with E-state index in [0.717, 1.165) is 66.2 Å². The number of piperidine rings is 1. The molecule has 7 heteroatoms. The Bertz CT molecular complexity index is 1580. The van der Waals surface area contributed by atoms with Gasteiger partial charge in [-0.25, -0.2) is 9.97 Å². The number of aromatic amines is 1. The van der Waals surface area contributed by atoms with Crippen LogP contribution >= 0.6 is 0 Å². The van der Waals surface area contributed by atoms with Crippen molar-refractivity contribution in [2.24, 2.45) is 0 Å². The molecular formula is C34H44N6O. The van der Waals surface area contributed by atoms with Crippen molar-refractivity contribution in [3.05, 3.63) is 64.0 Å². The molecule has 4 heterocycles. The molecule has 1 N–H and O–H groups in total. The molecule has 0 radical (unpaired) electrons. The topological polar surface area (TPSA) is 70.2 Å². The average molecular weight is 553 g/mol. The lowest BCUT2D eigenvalue weighted by atomic mass is 9.93. The van der Waals surface area contributed by atoms with Crippen LogP contribution in [-0.2, 0) is 17.7 Å². The molecule has 3 atom stereocenters. The minimum atomic E-state index is 0.274. The zero-order chi connectivity index (χ0) is 29.0. The number of nitrogens with zero attached hydrogens (tertiary/aromatic N) is 5. The first-order valence-electron chi connectivity index (χ1n) is 15.2. The molecule has 2 aromatic carbocycles. The van der Waals surface area contributed by atoms with Crippen molar-refractivity contribution in [3.8, 4) is 11.4 Å². The molecule has 1 saturated heterocycles. The summed E-state index contributed by atoms with van der Waals surface area (Å²) in [6.07, 6.45) is 3.14. The third-order valence-electron chi connectivity index (χ3n) is 9.35. The highest BCUT2D eigenvalue weighted by molar-refractivity contribution is 5.96.